The second kappa shape index (κ2) is 5.44. The smallest absolute Gasteiger partial charge is 0.263 e. The lowest BCUT2D eigenvalue weighted by molar-refractivity contribution is 0.0991. The average molecular weight is 256 g/mol. The molecule has 0 atom stereocenters. The topological polar surface area (TPSA) is 55.6 Å². The number of carbonyl (C=O) groups excluding carboxylic acids is 1. The minimum atomic E-state index is -0.193. The maximum absolute atomic E-state index is 12.5. The van der Waals surface area contributed by atoms with E-state index in [1.807, 2.05) is 30.3 Å². The van der Waals surface area contributed by atoms with Crippen LogP contribution in [-0.2, 0) is 0 Å². The monoisotopic (exact) mass is 256 g/mol. The molecule has 4 nitrogen and oxygen atoms in total. The SMILES string of the molecule is COc1cccc(N)c1C(=O)N(C)c1ccccc1. The summed E-state index contributed by atoms with van der Waals surface area (Å²) in [5.74, 6) is 0.286. The van der Waals surface area contributed by atoms with Crippen LogP contribution in [0.5, 0.6) is 5.75 Å². The zero-order valence-electron chi connectivity index (χ0n) is 11.0. The fraction of sp³-hybridized carbons (Fsp3) is 0.133. The Labute approximate surface area is 112 Å². The molecule has 0 saturated heterocycles. The summed E-state index contributed by atoms with van der Waals surface area (Å²) in [6.07, 6.45) is 0. The molecule has 0 radical (unpaired) electrons. The van der Waals surface area contributed by atoms with Crippen LogP contribution < -0.4 is 15.4 Å². The van der Waals surface area contributed by atoms with Crippen LogP contribution in [0.25, 0.3) is 0 Å². The van der Waals surface area contributed by atoms with Gasteiger partial charge in [-0.05, 0) is 24.3 Å². The fourth-order valence-corrected chi connectivity index (χ4v) is 1.88. The second-order valence-corrected chi connectivity index (χ2v) is 4.12. The molecule has 0 bridgehead atoms. The van der Waals surface area contributed by atoms with Gasteiger partial charge in [0.1, 0.15) is 11.3 Å². The number of ether oxygens (including phenoxy) is 1. The lowest BCUT2D eigenvalue weighted by Crippen LogP contribution is -2.27. The normalized spacial score (nSPS) is 10.0. The number of amides is 1. The first kappa shape index (κ1) is 13.0. The van der Waals surface area contributed by atoms with Crippen molar-refractivity contribution in [2.24, 2.45) is 0 Å². The number of nitrogens with zero attached hydrogens (tertiary/aromatic N) is 1. The Bertz CT molecular complexity index is 582. The molecular weight excluding hydrogens is 240 g/mol. The van der Waals surface area contributed by atoms with Gasteiger partial charge in [-0.1, -0.05) is 24.3 Å². The van der Waals surface area contributed by atoms with E-state index in [1.165, 1.54) is 7.11 Å². The standard InChI is InChI=1S/C15H16N2O2/c1-17(11-7-4-3-5-8-11)15(18)14-12(16)9-6-10-13(14)19-2/h3-10H,16H2,1-2H3. The largest absolute Gasteiger partial charge is 0.496 e. The van der Waals surface area contributed by atoms with Crippen LogP contribution in [0.3, 0.4) is 0 Å². The quantitative estimate of drug-likeness (QED) is 0.859. The van der Waals surface area contributed by atoms with Crippen molar-refractivity contribution in [2.45, 2.75) is 0 Å². The second-order valence-electron chi connectivity index (χ2n) is 4.12. The Kier molecular flexibility index (Phi) is 3.71. The van der Waals surface area contributed by atoms with Gasteiger partial charge < -0.3 is 15.4 Å². The zero-order valence-corrected chi connectivity index (χ0v) is 11.0. The van der Waals surface area contributed by atoms with E-state index < -0.39 is 0 Å². The first-order valence-corrected chi connectivity index (χ1v) is 5.90. The number of methoxy groups -OCH3 is 1. The number of anilines is 2. The van der Waals surface area contributed by atoms with Crippen LogP contribution in [0.15, 0.2) is 48.5 Å². The minimum Gasteiger partial charge on any atom is -0.496 e. The molecule has 98 valence electrons. The van der Waals surface area contributed by atoms with Gasteiger partial charge >= 0.3 is 0 Å². The van der Waals surface area contributed by atoms with Crippen molar-refractivity contribution < 1.29 is 9.53 Å². The first-order chi connectivity index (χ1) is 9.15. The summed E-state index contributed by atoms with van der Waals surface area (Å²) in [5.41, 5.74) is 7.48. The van der Waals surface area contributed by atoms with Crippen molar-refractivity contribution in [3.63, 3.8) is 0 Å². The van der Waals surface area contributed by atoms with E-state index in [0.717, 1.165) is 5.69 Å². The number of nitrogen functional groups attached to an aromatic ring is 1. The van der Waals surface area contributed by atoms with Crippen LogP contribution in [0.1, 0.15) is 10.4 Å². The highest BCUT2D eigenvalue weighted by Crippen LogP contribution is 2.27. The highest BCUT2D eigenvalue weighted by atomic mass is 16.5. The van der Waals surface area contributed by atoms with Gasteiger partial charge in [0.25, 0.3) is 5.91 Å². The summed E-state index contributed by atoms with van der Waals surface area (Å²) in [6.45, 7) is 0. The van der Waals surface area contributed by atoms with Crippen LogP contribution in [0.4, 0.5) is 11.4 Å². The predicted molar refractivity (Wildman–Crippen MR) is 76.6 cm³/mol. The number of nitrogens with two attached hydrogens (primary N) is 1. The van der Waals surface area contributed by atoms with Crippen LogP contribution >= 0.6 is 0 Å². The Morgan fingerprint density at radius 1 is 1.11 bits per heavy atom. The lowest BCUT2D eigenvalue weighted by atomic mass is 10.1. The van der Waals surface area contributed by atoms with E-state index in [4.69, 9.17) is 10.5 Å². The zero-order chi connectivity index (χ0) is 13.8. The summed E-state index contributed by atoms with van der Waals surface area (Å²) in [4.78, 5) is 14.1. The van der Waals surface area contributed by atoms with E-state index in [9.17, 15) is 4.79 Å². The summed E-state index contributed by atoms with van der Waals surface area (Å²) >= 11 is 0. The molecule has 0 aliphatic carbocycles. The molecule has 2 N–H and O–H groups in total. The molecule has 0 unspecified atom stereocenters. The van der Waals surface area contributed by atoms with E-state index >= 15 is 0 Å². The molecule has 19 heavy (non-hydrogen) atoms. The Balaban J connectivity index is 2.40. The van der Waals surface area contributed by atoms with E-state index in [0.29, 0.717) is 17.0 Å². The molecule has 0 aliphatic rings. The van der Waals surface area contributed by atoms with Crippen molar-refractivity contribution in [3.8, 4) is 5.75 Å². The molecule has 0 aliphatic heterocycles. The molecule has 0 spiro atoms. The molecule has 0 heterocycles. The summed E-state index contributed by atoms with van der Waals surface area (Å²) < 4.78 is 5.21. The van der Waals surface area contributed by atoms with E-state index in [1.54, 1.807) is 30.1 Å². The number of benzene rings is 2. The highest BCUT2D eigenvalue weighted by molar-refractivity contribution is 6.10. The van der Waals surface area contributed by atoms with Gasteiger partial charge in [0.15, 0.2) is 0 Å². The third kappa shape index (κ3) is 2.52. The Morgan fingerprint density at radius 2 is 1.79 bits per heavy atom. The Morgan fingerprint density at radius 3 is 2.42 bits per heavy atom. The minimum absolute atomic E-state index is 0.193. The predicted octanol–water partition coefficient (Wildman–Crippen LogP) is 2.55. The average Bonchev–Trinajstić information content (AvgIpc) is 2.46. The molecule has 0 aromatic heterocycles. The van der Waals surface area contributed by atoms with Crippen molar-refractivity contribution in [3.05, 3.63) is 54.1 Å². The Hall–Kier alpha value is -2.49. The third-order valence-electron chi connectivity index (χ3n) is 2.94. The van der Waals surface area contributed by atoms with E-state index in [2.05, 4.69) is 0 Å². The summed E-state index contributed by atoms with van der Waals surface area (Å²) in [7, 11) is 3.23. The maximum Gasteiger partial charge on any atom is 0.263 e. The molecular formula is C15H16N2O2. The van der Waals surface area contributed by atoms with Crippen molar-refractivity contribution in [1.82, 2.24) is 0 Å². The van der Waals surface area contributed by atoms with Crippen LogP contribution in [-0.4, -0.2) is 20.1 Å². The molecule has 0 fully saturated rings. The van der Waals surface area contributed by atoms with Crippen molar-refractivity contribution in [1.29, 1.82) is 0 Å². The summed E-state index contributed by atoms with van der Waals surface area (Å²) in [6, 6.07) is 14.6. The molecule has 1 amide bonds. The molecule has 2 aromatic carbocycles. The van der Waals surface area contributed by atoms with Gasteiger partial charge in [0, 0.05) is 18.4 Å². The fourth-order valence-electron chi connectivity index (χ4n) is 1.88. The molecule has 0 saturated carbocycles. The third-order valence-corrected chi connectivity index (χ3v) is 2.94. The van der Waals surface area contributed by atoms with Crippen LogP contribution in [0.2, 0.25) is 0 Å². The van der Waals surface area contributed by atoms with Gasteiger partial charge in [-0.3, -0.25) is 4.79 Å². The maximum atomic E-state index is 12.5. The number of para-hydroxylation sites is 1. The van der Waals surface area contributed by atoms with Crippen LogP contribution in [0, 0.1) is 0 Å². The van der Waals surface area contributed by atoms with Gasteiger partial charge in [0.05, 0.1) is 7.11 Å². The number of carbonyl (C=O) groups is 1. The number of rotatable bonds is 3. The van der Waals surface area contributed by atoms with Crippen molar-refractivity contribution in [2.75, 3.05) is 24.8 Å². The number of hydrogen-bond donors (Lipinski definition) is 1. The van der Waals surface area contributed by atoms with Gasteiger partial charge in [-0.2, -0.15) is 0 Å². The van der Waals surface area contributed by atoms with Gasteiger partial charge in [-0.15, -0.1) is 0 Å². The first-order valence-electron chi connectivity index (χ1n) is 5.90. The lowest BCUT2D eigenvalue weighted by Gasteiger charge is -2.19. The number of hydrogen-bond acceptors (Lipinski definition) is 3. The summed E-state index contributed by atoms with van der Waals surface area (Å²) in [5, 5.41) is 0. The molecule has 2 aromatic rings. The molecule has 2 rings (SSSR count). The van der Waals surface area contributed by atoms with Crippen molar-refractivity contribution >= 4 is 17.3 Å². The van der Waals surface area contributed by atoms with Gasteiger partial charge in [0.2, 0.25) is 0 Å². The van der Waals surface area contributed by atoms with Gasteiger partial charge in [-0.25, -0.2) is 0 Å². The molecule has 4 heteroatoms. The van der Waals surface area contributed by atoms with E-state index in [-0.39, 0.29) is 5.91 Å². The highest BCUT2D eigenvalue weighted by Gasteiger charge is 2.20.